The highest BCUT2D eigenvalue weighted by Gasteiger charge is 2.25. The molecule has 0 saturated carbocycles. The van der Waals surface area contributed by atoms with Crippen molar-refractivity contribution in [2.24, 2.45) is 23.5 Å². The van der Waals surface area contributed by atoms with Gasteiger partial charge in [0.25, 0.3) is 0 Å². The minimum atomic E-state index is -0.897. The van der Waals surface area contributed by atoms with Crippen LogP contribution in [0.3, 0.4) is 0 Å². The molecule has 0 amide bonds. The summed E-state index contributed by atoms with van der Waals surface area (Å²) in [6, 6.07) is -0.744. The molecule has 0 aromatic carbocycles. The van der Waals surface area contributed by atoms with Crippen LogP contribution in [0.25, 0.3) is 0 Å². The lowest BCUT2D eigenvalue weighted by molar-refractivity contribution is -0.139. The molecule has 0 radical (unpaired) electrons. The van der Waals surface area contributed by atoms with Crippen LogP contribution in [0.5, 0.6) is 0 Å². The summed E-state index contributed by atoms with van der Waals surface area (Å²) in [4.78, 5) is 10.9. The summed E-state index contributed by atoms with van der Waals surface area (Å²) in [5.74, 6) is 0.393. The Balaban J connectivity index is 2.81. The van der Waals surface area contributed by atoms with E-state index >= 15 is 0 Å². The second-order valence-corrected chi connectivity index (χ2v) is 5.47. The summed E-state index contributed by atoms with van der Waals surface area (Å²) in [7, 11) is 0. The number of carboxylic acid groups (broad SMARTS) is 1. The number of nitrogens with two attached hydrogens (primary N) is 1. The molecule has 1 aliphatic carbocycles. The van der Waals surface area contributed by atoms with Crippen LogP contribution < -0.4 is 5.73 Å². The Kier molecular flexibility index (Phi) is 5.60. The second kappa shape index (κ2) is 6.74. The van der Waals surface area contributed by atoms with Crippen molar-refractivity contribution in [1.82, 2.24) is 0 Å². The van der Waals surface area contributed by atoms with Gasteiger partial charge < -0.3 is 10.8 Å². The van der Waals surface area contributed by atoms with Crippen LogP contribution in [-0.2, 0) is 4.79 Å². The van der Waals surface area contributed by atoms with Crippen molar-refractivity contribution < 1.29 is 9.90 Å². The van der Waals surface area contributed by atoms with Gasteiger partial charge >= 0.3 is 5.97 Å². The van der Waals surface area contributed by atoms with E-state index in [2.05, 4.69) is 39.0 Å². The van der Waals surface area contributed by atoms with Gasteiger partial charge in [0, 0.05) is 0 Å². The van der Waals surface area contributed by atoms with Gasteiger partial charge in [-0.1, -0.05) is 39.0 Å². The van der Waals surface area contributed by atoms with Crippen molar-refractivity contribution in [2.75, 3.05) is 0 Å². The first-order chi connectivity index (χ1) is 8.45. The molecule has 0 aromatic heterocycles. The molecule has 0 spiro atoms. The number of carboxylic acids is 1. The summed E-state index contributed by atoms with van der Waals surface area (Å²) >= 11 is 0. The Labute approximate surface area is 110 Å². The highest BCUT2D eigenvalue weighted by molar-refractivity contribution is 5.73. The number of aliphatic carboxylic acids is 1. The van der Waals surface area contributed by atoms with E-state index in [0.29, 0.717) is 24.2 Å². The minimum absolute atomic E-state index is 0.341. The number of carbonyl (C=O) groups is 1. The van der Waals surface area contributed by atoms with E-state index in [1.54, 1.807) is 0 Å². The molecular formula is C15H25NO2. The van der Waals surface area contributed by atoms with Crippen LogP contribution in [0.15, 0.2) is 23.8 Å². The quantitative estimate of drug-likeness (QED) is 0.789. The molecule has 0 saturated heterocycles. The molecule has 0 aliphatic heterocycles. The van der Waals surface area contributed by atoms with Gasteiger partial charge in [0.05, 0.1) is 0 Å². The van der Waals surface area contributed by atoms with E-state index in [0.717, 1.165) is 12.8 Å². The lowest BCUT2D eigenvalue weighted by atomic mass is 9.82. The van der Waals surface area contributed by atoms with Gasteiger partial charge in [0.2, 0.25) is 0 Å². The summed E-state index contributed by atoms with van der Waals surface area (Å²) < 4.78 is 0. The smallest absolute Gasteiger partial charge is 0.320 e. The zero-order valence-electron chi connectivity index (χ0n) is 11.6. The first-order valence-corrected chi connectivity index (χ1v) is 6.82. The average Bonchev–Trinajstić information content (AvgIpc) is 2.51. The Morgan fingerprint density at radius 1 is 1.56 bits per heavy atom. The van der Waals surface area contributed by atoms with Crippen molar-refractivity contribution in [1.29, 1.82) is 0 Å². The van der Waals surface area contributed by atoms with E-state index in [1.807, 2.05) is 0 Å². The van der Waals surface area contributed by atoms with Crippen molar-refractivity contribution in [3.8, 4) is 0 Å². The maximum absolute atomic E-state index is 10.9. The normalized spacial score (nSPS) is 25.7. The Hall–Kier alpha value is -1.09. The Bertz CT molecular complexity index is 344. The molecule has 3 nitrogen and oxygen atoms in total. The molecule has 3 atom stereocenters. The highest BCUT2D eigenvalue weighted by atomic mass is 16.4. The molecule has 1 aliphatic rings. The molecule has 3 N–H and O–H groups in total. The molecule has 3 unspecified atom stereocenters. The van der Waals surface area contributed by atoms with Gasteiger partial charge in [0.1, 0.15) is 6.04 Å². The van der Waals surface area contributed by atoms with Crippen LogP contribution in [0.4, 0.5) is 0 Å². The van der Waals surface area contributed by atoms with Crippen LogP contribution in [0, 0.1) is 17.8 Å². The fraction of sp³-hybridized carbons (Fsp3) is 0.667. The molecule has 102 valence electrons. The van der Waals surface area contributed by atoms with Crippen LogP contribution in [0.1, 0.15) is 40.0 Å². The first-order valence-electron chi connectivity index (χ1n) is 6.82. The molecule has 0 fully saturated rings. The zero-order chi connectivity index (χ0) is 13.7. The maximum atomic E-state index is 10.9. The Morgan fingerprint density at radius 2 is 2.22 bits per heavy atom. The summed E-state index contributed by atoms with van der Waals surface area (Å²) in [5.41, 5.74) is 7.02. The lowest BCUT2D eigenvalue weighted by Crippen LogP contribution is -2.33. The lowest BCUT2D eigenvalue weighted by Gasteiger charge is -2.24. The Morgan fingerprint density at radius 3 is 2.72 bits per heavy atom. The fourth-order valence-electron chi connectivity index (χ4n) is 2.53. The van der Waals surface area contributed by atoms with Crippen LogP contribution in [-0.4, -0.2) is 17.1 Å². The summed E-state index contributed by atoms with van der Waals surface area (Å²) in [5, 5.41) is 8.92. The highest BCUT2D eigenvalue weighted by Crippen LogP contribution is 2.31. The molecule has 1 rings (SSSR count). The minimum Gasteiger partial charge on any atom is -0.480 e. The predicted octanol–water partition coefficient (Wildman–Crippen LogP) is 2.97. The number of rotatable bonds is 5. The molecular weight excluding hydrogens is 226 g/mol. The van der Waals surface area contributed by atoms with Crippen molar-refractivity contribution in [2.45, 2.75) is 46.1 Å². The van der Waals surface area contributed by atoms with E-state index in [4.69, 9.17) is 10.8 Å². The van der Waals surface area contributed by atoms with Gasteiger partial charge in [-0.25, -0.2) is 0 Å². The van der Waals surface area contributed by atoms with Crippen molar-refractivity contribution >= 4 is 5.97 Å². The third-order valence-electron chi connectivity index (χ3n) is 3.77. The van der Waals surface area contributed by atoms with Crippen molar-refractivity contribution in [3.63, 3.8) is 0 Å². The number of hydrogen-bond acceptors (Lipinski definition) is 2. The van der Waals surface area contributed by atoms with Gasteiger partial charge in [-0.15, -0.1) is 0 Å². The molecule has 3 heteroatoms. The van der Waals surface area contributed by atoms with E-state index in [9.17, 15) is 4.79 Å². The predicted molar refractivity (Wildman–Crippen MR) is 74.2 cm³/mol. The van der Waals surface area contributed by atoms with Gasteiger partial charge in [-0.3, -0.25) is 4.79 Å². The van der Waals surface area contributed by atoms with Crippen LogP contribution in [0.2, 0.25) is 0 Å². The molecule has 0 aromatic rings. The second-order valence-electron chi connectivity index (χ2n) is 5.47. The fourth-order valence-corrected chi connectivity index (χ4v) is 2.53. The van der Waals surface area contributed by atoms with Gasteiger partial charge in [-0.05, 0) is 42.6 Å². The molecule has 18 heavy (non-hydrogen) atoms. The van der Waals surface area contributed by atoms with Crippen LogP contribution >= 0.6 is 0 Å². The monoisotopic (exact) mass is 251 g/mol. The third kappa shape index (κ3) is 3.98. The maximum Gasteiger partial charge on any atom is 0.320 e. The largest absolute Gasteiger partial charge is 0.480 e. The summed E-state index contributed by atoms with van der Waals surface area (Å²) in [6.45, 7) is 6.53. The number of hydrogen-bond donors (Lipinski definition) is 2. The van der Waals surface area contributed by atoms with E-state index in [-0.39, 0.29) is 0 Å². The molecule has 0 heterocycles. The molecule has 0 bridgehead atoms. The third-order valence-corrected chi connectivity index (χ3v) is 3.77. The van der Waals surface area contributed by atoms with Gasteiger partial charge in [-0.2, -0.15) is 0 Å². The van der Waals surface area contributed by atoms with E-state index < -0.39 is 12.0 Å². The summed E-state index contributed by atoms with van der Waals surface area (Å²) in [6.07, 6.45) is 9.18. The van der Waals surface area contributed by atoms with Crippen molar-refractivity contribution in [3.05, 3.63) is 23.8 Å². The standard InChI is InChI=1S/C15H25NO2/c1-4-11-8-12(10(2)3)6-5-7-13(11)9-14(16)15(17)18/h5-6,8,10-11,13-14H,4,7,9,16H2,1-3H3,(H,17,18). The topological polar surface area (TPSA) is 63.3 Å². The van der Waals surface area contributed by atoms with E-state index in [1.165, 1.54) is 5.57 Å². The first kappa shape index (κ1) is 15.0. The number of allylic oxidation sites excluding steroid dienone is 4. The van der Waals surface area contributed by atoms with Gasteiger partial charge in [0.15, 0.2) is 0 Å². The SMILES string of the molecule is CCC1C=C(C(C)C)C=CCC1CC(N)C(=O)O. The zero-order valence-corrected chi connectivity index (χ0v) is 11.6. The average molecular weight is 251 g/mol.